The standard InChI is InChI=1S/C21H24N2O4S2/c1-4-15-6-5-7-16(11-15)22-20(24)10-13(2)29(26,27)17-8-9-19-18(12-17)23-21(25)14(3)28-19/h5-9,11-14H,4,10H2,1-3H3,(H,22,24)(H,23,25)/t13-,14-/m0/s1. The molecule has 1 heterocycles. The third-order valence-electron chi connectivity index (χ3n) is 4.83. The predicted octanol–water partition coefficient (Wildman–Crippen LogP) is 3.87. The van der Waals surface area contributed by atoms with Gasteiger partial charge in [0.15, 0.2) is 9.84 Å². The van der Waals surface area contributed by atoms with Crippen LogP contribution in [0.2, 0.25) is 0 Å². The van der Waals surface area contributed by atoms with Gasteiger partial charge < -0.3 is 10.6 Å². The van der Waals surface area contributed by atoms with Crippen molar-refractivity contribution < 1.29 is 18.0 Å². The number of sulfone groups is 1. The van der Waals surface area contributed by atoms with E-state index >= 15 is 0 Å². The predicted molar refractivity (Wildman–Crippen MR) is 116 cm³/mol. The largest absolute Gasteiger partial charge is 0.326 e. The fraction of sp³-hybridized carbons (Fsp3) is 0.333. The highest BCUT2D eigenvalue weighted by Crippen LogP contribution is 2.37. The van der Waals surface area contributed by atoms with Crippen LogP contribution in [0.5, 0.6) is 0 Å². The maximum atomic E-state index is 13.0. The van der Waals surface area contributed by atoms with Crippen molar-refractivity contribution in [3.05, 3.63) is 48.0 Å². The van der Waals surface area contributed by atoms with Crippen LogP contribution in [0.3, 0.4) is 0 Å². The number of rotatable bonds is 6. The van der Waals surface area contributed by atoms with Crippen molar-refractivity contribution in [2.45, 2.75) is 53.9 Å². The molecule has 2 aromatic rings. The summed E-state index contributed by atoms with van der Waals surface area (Å²) in [6, 6.07) is 12.2. The van der Waals surface area contributed by atoms with E-state index in [1.54, 1.807) is 19.1 Å². The molecule has 0 spiro atoms. The summed E-state index contributed by atoms with van der Waals surface area (Å²) in [5.41, 5.74) is 2.24. The van der Waals surface area contributed by atoms with Crippen LogP contribution in [0.25, 0.3) is 0 Å². The molecule has 0 bridgehead atoms. The Labute approximate surface area is 175 Å². The molecule has 0 saturated heterocycles. The highest BCUT2D eigenvalue weighted by molar-refractivity contribution is 8.01. The van der Waals surface area contributed by atoms with Gasteiger partial charge in [-0.3, -0.25) is 9.59 Å². The first-order valence-electron chi connectivity index (χ1n) is 9.45. The van der Waals surface area contributed by atoms with Gasteiger partial charge in [-0.05, 0) is 56.2 Å². The molecule has 29 heavy (non-hydrogen) atoms. The van der Waals surface area contributed by atoms with Crippen molar-refractivity contribution in [3.8, 4) is 0 Å². The molecule has 2 atom stereocenters. The minimum atomic E-state index is -3.73. The first kappa shape index (κ1) is 21.4. The van der Waals surface area contributed by atoms with E-state index in [1.165, 1.54) is 30.8 Å². The van der Waals surface area contributed by atoms with Gasteiger partial charge in [0.2, 0.25) is 11.8 Å². The molecule has 0 saturated carbocycles. The van der Waals surface area contributed by atoms with E-state index in [1.807, 2.05) is 25.1 Å². The molecule has 8 heteroatoms. The van der Waals surface area contributed by atoms with Crippen LogP contribution in [-0.2, 0) is 25.8 Å². The van der Waals surface area contributed by atoms with Gasteiger partial charge in [-0.2, -0.15) is 0 Å². The van der Waals surface area contributed by atoms with E-state index < -0.39 is 15.1 Å². The molecular formula is C21H24N2O4S2. The summed E-state index contributed by atoms with van der Waals surface area (Å²) >= 11 is 1.39. The number of fused-ring (bicyclic) bond motifs is 1. The Morgan fingerprint density at radius 3 is 2.72 bits per heavy atom. The monoisotopic (exact) mass is 432 g/mol. The van der Waals surface area contributed by atoms with E-state index in [4.69, 9.17) is 0 Å². The van der Waals surface area contributed by atoms with Crippen molar-refractivity contribution in [2.24, 2.45) is 0 Å². The van der Waals surface area contributed by atoms with Gasteiger partial charge in [-0.1, -0.05) is 19.1 Å². The summed E-state index contributed by atoms with van der Waals surface area (Å²) in [5, 5.41) is 4.38. The molecule has 0 fully saturated rings. The zero-order chi connectivity index (χ0) is 21.2. The van der Waals surface area contributed by atoms with Crippen molar-refractivity contribution >= 4 is 44.8 Å². The molecule has 0 aromatic heterocycles. The Morgan fingerprint density at radius 2 is 2.00 bits per heavy atom. The molecule has 154 valence electrons. The molecule has 2 amide bonds. The number of amides is 2. The molecule has 3 rings (SSSR count). The number of hydrogen-bond donors (Lipinski definition) is 2. The van der Waals surface area contributed by atoms with Crippen molar-refractivity contribution in [2.75, 3.05) is 10.6 Å². The van der Waals surface area contributed by atoms with E-state index in [0.717, 1.165) is 16.9 Å². The molecular weight excluding hydrogens is 408 g/mol. The van der Waals surface area contributed by atoms with Gasteiger partial charge >= 0.3 is 0 Å². The maximum Gasteiger partial charge on any atom is 0.237 e. The molecule has 1 aliphatic heterocycles. The molecule has 2 N–H and O–H groups in total. The van der Waals surface area contributed by atoms with Gasteiger partial charge in [-0.25, -0.2) is 8.42 Å². The van der Waals surface area contributed by atoms with Gasteiger partial charge in [0, 0.05) is 17.0 Å². The SMILES string of the molecule is CCc1cccc(NC(=O)C[C@H](C)S(=O)(=O)c2ccc3c(c2)NC(=O)[C@H](C)S3)c1. The summed E-state index contributed by atoms with van der Waals surface area (Å²) in [7, 11) is -3.73. The summed E-state index contributed by atoms with van der Waals surface area (Å²) in [5.74, 6) is -0.510. The van der Waals surface area contributed by atoms with E-state index in [2.05, 4.69) is 10.6 Å². The average Bonchev–Trinajstić information content (AvgIpc) is 2.68. The van der Waals surface area contributed by atoms with Crippen LogP contribution < -0.4 is 10.6 Å². The topological polar surface area (TPSA) is 92.3 Å². The molecule has 0 radical (unpaired) electrons. The molecule has 1 aliphatic rings. The Kier molecular flexibility index (Phi) is 6.33. The van der Waals surface area contributed by atoms with Crippen LogP contribution in [0.1, 0.15) is 32.8 Å². The zero-order valence-electron chi connectivity index (χ0n) is 16.6. The van der Waals surface area contributed by atoms with Crippen LogP contribution >= 0.6 is 11.8 Å². The third-order valence-corrected chi connectivity index (χ3v) is 8.15. The molecule has 6 nitrogen and oxygen atoms in total. The van der Waals surface area contributed by atoms with Gasteiger partial charge in [-0.15, -0.1) is 11.8 Å². The van der Waals surface area contributed by atoms with Crippen LogP contribution in [0.15, 0.2) is 52.3 Å². The fourth-order valence-electron chi connectivity index (χ4n) is 3.05. The number of nitrogens with one attached hydrogen (secondary N) is 2. The quantitative estimate of drug-likeness (QED) is 0.723. The average molecular weight is 433 g/mol. The zero-order valence-corrected chi connectivity index (χ0v) is 18.2. The van der Waals surface area contributed by atoms with E-state index in [0.29, 0.717) is 11.4 Å². The first-order valence-corrected chi connectivity index (χ1v) is 11.9. The lowest BCUT2D eigenvalue weighted by Crippen LogP contribution is -2.27. The second kappa shape index (κ2) is 8.59. The van der Waals surface area contributed by atoms with E-state index in [-0.39, 0.29) is 28.4 Å². The lowest BCUT2D eigenvalue weighted by atomic mass is 10.1. The Hall–Kier alpha value is -2.32. The second-order valence-electron chi connectivity index (χ2n) is 7.07. The Bertz CT molecular complexity index is 1050. The Balaban J connectivity index is 1.73. The third kappa shape index (κ3) is 4.82. The maximum absolute atomic E-state index is 13.0. The number of aryl methyl sites for hydroxylation is 1. The summed E-state index contributed by atoms with van der Waals surface area (Å²) < 4.78 is 25.9. The van der Waals surface area contributed by atoms with Crippen molar-refractivity contribution in [3.63, 3.8) is 0 Å². The van der Waals surface area contributed by atoms with Crippen molar-refractivity contribution in [1.29, 1.82) is 0 Å². The number of hydrogen-bond acceptors (Lipinski definition) is 5. The number of carbonyl (C=O) groups is 2. The van der Waals surface area contributed by atoms with Crippen molar-refractivity contribution in [1.82, 2.24) is 0 Å². The lowest BCUT2D eigenvalue weighted by molar-refractivity contribution is -0.116. The summed E-state index contributed by atoms with van der Waals surface area (Å²) in [6.45, 7) is 5.34. The van der Waals surface area contributed by atoms with Gasteiger partial charge in [0.05, 0.1) is 21.1 Å². The number of carbonyl (C=O) groups excluding carboxylic acids is 2. The molecule has 0 unspecified atom stereocenters. The highest BCUT2D eigenvalue weighted by atomic mass is 32.2. The molecule has 2 aromatic carbocycles. The fourth-order valence-corrected chi connectivity index (χ4v) is 5.35. The minimum Gasteiger partial charge on any atom is -0.326 e. The normalized spacial score (nSPS) is 17.2. The second-order valence-corrected chi connectivity index (χ2v) is 10.8. The number of benzene rings is 2. The van der Waals surface area contributed by atoms with E-state index in [9.17, 15) is 18.0 Å². The smallest absolute Gasteiger partial charge is 0.237 e. The highest BCUT2D eigenvalue weighted by Gasteiger charge is 2.29. The number of thioether (sulfide) groups is 1. The Morgan fingerprint density at radius 1 is 1.24 bits per heavy atom. The van der Waals surface area contributed by atoms with Crippen LogP contribution in [-0.4, -0.2) is 30.7 Å². The number of anilines is 2. The van der Waals surface area contributed by atoms with Crippen LogP contribution in [0.4, 0.5) is 11.4 Å². The summed E-state index contributed by atoms with van der Waals surface area (Å²) in [4.78, 5) is 25.2. The lowest BCUT2D eigenvalue weighted by Gasteiger charge is -2.22. The van der Waals surface area contributed by atoms with Crippen LogP contribution in [0, 0.1) is 0 Å². The first-order chi connectivity index (χ1) is 13.7. The summed E-state index contributed by atoms with van der Waals surface area (Å²) in [6.07, 6.45) is 0.689. The molecule has 0 aliphatic carbocycles. The minimum absolute atomic E-state index is 0.0972. The van der Waals surface area contributed by atoms with Gasteiger partial charge in [0.1, 0.15) is 0 Å². The van der Waals surface area contributed by atoms with Gasteiger partial charge in [0.25, 0.3) is 0 Å².